The Balaban J connectivity index is 3.90. The van der Waals surface area contributed by atoms with Gasteiger partial charge in [0.1, 0.15) is 0 Å². The molecular weight excluding hydrogens is 162 g/mol. The minimum atomic E-state index is -3.46. The molecule has 0 aliphatic heterocycles. The van der Waals surface area contributed by atoms with Crippen molar-refractivity contribution in [3.63, 3.8) is 0 Å². The largest absolute Gasteiger partial charge is 0.321 e. The van der Waals surface area contributed by atoms with Crippen molar-refractivity contribution < 1.29 is 13.6 Å². The number of terminal acetylenes is 1. The molecule has 0 unspecified atom stereocenters. The lowest BCUT2D eigenvalue weighted by atomic mass is 10.2. The molecule has 0 rings (SSSR count). The van der Waals surface area contributed by atoms with Crippen LogP contribution in [0.4, 0.5) is 8.78 Å². The predicted molar refractivity (Wildman–Crippen MR) is 33.9 cm³/mol. The van der Waals surface area contributed by atoms with Crippen LogP contribution in [0.5, 0.6) is 0 Å². The highest BCUT2D eigenvalue weighted by Gasteiger charge is 2.35. The Morgan fingerprint density at radius 1 is 1.70 bits per heavy atom. The van der Waals surface area contributed by atoms with Crippen LogP contribution in [0.2, 0.25) is 0 Å². The Morgan fingerprint density at radius 3 is 2.50 bits per heavy atom. The van der Waals surface area contributed by atoms with Crippen LogP contribution >= 0.6 is 11.6 Å². The molecule has 0 fully saturated rings. The molecule has 0 saturated carbocycles. The number of halogens is 3. The SMILES string of the molecule is C#CCCC(F)(F)C(=O)Cl. The van der Waals surface area contributed by atoms with Crippen LogP contribution in [0.15, 0.2) is 0 Å². The lowest BCUT2D eigenvalue weighted by Crippen LogP contribution is -2.23. The minimum Gasteiger partial charge on any atom is -0.274 e. The Bertz CT molecular complexity index is 171. The monoisotopic (exact) mass is 166 g/mol. The molecular formula is C6H5ClF2O. The molecule has 0 saturated heterocycles. The summed E-state index contributed by atoms with van der Waals surface area (Å²) in [5.41, 5.74) is 0. The van der Waals surface area contributed by atoms with E-state index >= 15 is 0 Å². The fraction of sp³-hybridized carbons (Fsp3) is 0.500. The number of hydrogen-bond donors (Lipinski definition) is 0. The molecule has 0 amide bonds. The molecule has 0 atom stereocenters. The summed E-state index contributed by atoms with van der Waals surface area (Å²) < 4.78 is 24.3. The van der Waals surface area contributed by atoms with E-state index in [-0.39, 0.29) is 6.42 Å². The first kappa shape index (κ1) is 9.38. The molecule has 1 nitrogen and oxygen atoms in total. The van der Waals surface area contributed by atoms with Gasteiger partial charge < -0.3 is 0 Å². The second kappa shape index (κ2) is 3.52. The Hall–Kier alpha value is -0.620. The maximum atomic E-state index is 12.2. The molecule has 0 aromatic heterocycles. The third-order valence-corrected chi connectivity index (χ3v) is 1.15. The van der Waals surface area contributed by atoms with Gasteiger partial charge in [0, 0.05) is 12.8 Å². The average molecular weight is 167 g/mol. The molecule has 0 aliphatic carbocycles. The van der Waals surface area contributed by atoms with Gasteiger partial charge >= 0.3 is 5.92 Å². The van der Waals surface area contributed by atoms with E-state index in [4.69, 9.17) is 6.42 Å². The van der Waals surface area contributed by atoms with Gasteiger partial charge in [-0.05, 0) is 11.6 Å². The van der Waals surface area contributed by atoms with Gasteiger partial charge in [0.05, 0.1) is 0 Å². The van der Waals surface area contributed by atoms with Crippen molar-refractivity contribution in [3.05, 3.63) is 0 Å². The minimum absolute atomic E-state index is 0.147. The van der Waals surface area contributed by atoms with E-state index in [1.807, 2.05) is 5.92 Å². The molecule has 56 valence electrons. The number of rotatable bonds is 3. The van der Waals surface area contributed by atoms with Gasteiger partial charge in [-0.2, -0.15) is 8.78 Å². The molecule has 0 aromatic rings. The van der Waals surface area contributed by atoms with Gasteiger partial charge in [0.25, 0.3) is 5.24 Å². The predicted octanol–water partition coefficient (Wildman–Crippen LogP) is 1.80. The normalized spacial score (nSPS) is 10.6. The smallest absolute Gasteiger partial charge is 0.274 e. The standard InChI is InChI=1S/C6H5ClF2O/c1-2-3-4-6(8,9)5(7)10/h1H,3-4H2. The van der Waals surface area contributed by atoms with Crippen LogP contribution in [-0.2, 0) is 4.79 Å². The highest BCUT2D eigenvalue weighted by atomic mass is 35.5. The van der Waals surface area contributed by atoms with Crippen LogP contribution in [0.3, 0.4) is 0 Å². The quantitative estimate of drug-likeness (QED) is 0.462. The molecule has 0 aromatic carbocycles. The molecule has 0 radical (unpaired) electrons. The molecule has 10 heavy (non-hydrogen) atoms. The lowest BCUT2D eigenvalue weighted by molar-refractivity contribution is -0.134. The van der Waals surface area contributed by atoms with Gasteiger partial charge in [-0.25, -0.2) is 0 Å². The van der Waals surface area contributed by atoms with E-state index < -0.39 is 17.6 Å². The van der Waals surface area contributed by atoms with E-state index in [0.29, 0.717) is 0 Å². The summed E-state index contributed by atoms with van der Waals surface area (Å²) in [6.07, 6.45) is 3.88. The molecule has 4 heteroatoms. The van der Waals surface area contributed by atoms with E-state index in [0.717, 1.165) is 0 Å². The lowest BCUT2D eigenvalue weighted by Gasteiger charge is -2.07. The second-order valence-corrected chi connectivity index (χ2v) is 2.03. The molecule has 0 N–H and O–H groups in total. The topological polar surface area (TPSA) is 17.1 Å². The summed E-state index contributed by atoms with van der Waals surface area (Å²) in [6, 6.07) is 0. The van der Waals surface area contributed by atoms with Gasteiger partial charge in [0.15, 0.2) is 0 Å². The highest BCUT2D eigenvalue weighted by Crippen LogP contribution is 2.22. The fourth-order valence-electron chi connectivity index (χ4n) is 0.327. The maximum absolute atomic E-state index is 12.2. The second-order valence-electron chi connectivity index (χ2n) is 1.68. The highest BCUT2D eigenvalue weighted by molar-refractivity contribution is 6.65. The summed E-state index contributed by atoms with van der Waals surface area (Å²) in [7, 11) is 0. The first-order valence-corrected chi connectivity index (χ1v) is 2.89. The summed E-state index contributed by atoms with van der Waals surface area (Å²) in [6.45, 7) is 0. The maximum Gasteiger partial charge on any atom is 0.321 e. The zero-order valence-electron chi connectivity index (χ0n) is 5.03. The number of carbonyl (C=O) groups is 1. The molecule has 0 aliphatic rings. The molecule has 0 bridgehead atoms. The van der Waals surface area contributed by atoms with Crippen LogP contribution in [0, 0.1) is 12.3 Å². The van der Waals surface area contributed by atoms with Crippen molar-refractivity contribution in [2.24, 2.45) is 0 Å². The van der Waals surface area contributed by atoms with Crippen LogP contribution in [0.1, 0.15) is 12.8 Å². The van der Waals surface area contributed by atoms with Crippen LogP contribution < -0.4 is 0 Å². The van der Waals surface area contributed by atoms with E-state index in [1.54, 1.807) is 0 Å². The number of alkyl halides is 2. The Labute approximate surface area is 62.4 Å². The summed E-state index contributed by atoms with van der Waals surface area (Å²) in [4.78, 5) is 9.92. The summed E-state index contributed by atoms with van der Waals surface area (Å²) >= 11 is 4.55. The van der Waals surface area contributed by atoms with E-state index in [1.165, 1.54) is 0 Å². The molecule has 0 heterocycles. The van der Waals surface area contributed by atoms with Crippen molar-refractivity contribution >= 4 is 16.8 Å². The van der Waals surface area contributed by atoms with Crippen molar-refractivity contribution in [1.29, 1.82) is 0 Å². The van der Waals surface area contributed by atoms with Gasteiger partial charge in [-0.15, -0.1) is 12.3 Å². The van der Waals surface area contributed by atoms with Crippen molar-refractivity contribution in [2.75, 3.05) is 0 Å². The zero-order chi connectivity index (χ0) is 8.20. The van der Waals surface area contributed by atoms with Gasteiger partial charge in [0.2, 0.25) is 0 Å². The summed E-state index contributed by atoms with van der Waals surface area (Å²) in [5, 5.41) is -1.65. The van der Waals surface area contributed by atoms with Crippen molar-refractivity contribution in [2.45, 2.75) is 18.8 Å². The first-order chi connectivity index (χ1) is 4.50. The average Bonchev–Trinajstić information content (AvgIpc) is 1.84. The van der Waals surface area contributed by atoms with Crippen molar-refractivity contribution in [1.82, 2.24) is 0 Å². The summed E-state index contributed by atoms with van der Waals surface area (Å²) in [5.74, 6) is -1.48. The molecule has 0 spiro atoms. The van der Waals surface area contributed by atoms with Gasteiger partial charge in [-0.1, -0.05) is 0 Å². The van der Waals surface area contributed by atoms with Gasteiger partial charge in [-0.3, -0.25) is 4.79 Å². The first-order valence-electron chi connectivity index (χ1n) is 2.52. The third-order valence-electron chi connectivity index (χ3n) is 0.871. The van der Waals surface area contributed by atoms with E-state index in [2.05, 4.69) is 11.6 Å². The fourth-order valence-corrected chi connectivity index (χ4v) is 0.422. The van der Waals surface area contributed by atoms with E-state index in [9.17, 15) is 13.6 Å². The number of carbonyl (C=O) groups excluding carboxylic acids is 1. The third kappa shape index (κ3) is 2.79. The van der Waals surface area contributed by atoms with Crippen molar-refractivity contribution in [3.8, 4) is 12.3 Å². The van der Waals surface area contributed by atoms with Crippen LogP contribution in [-0.4, -0.2) is 11.2 Å². The number of hydrogen-bond acceptors (Lipinski definition) is 1. The Kier molecular flexibility index (Phi) is 3.31. The van der Waals surface area contributed by atoms with Crippen LogP contribution in [0.25, 0.3) is 0 Å². The zero-order valence-corrected chi connectivity index (χ0v) is 5.79. The Morgan fingerprint density at radius 2 is 2.20 bits per heavy atom.